The second-order valence-corrected chi connectivity index (χ2v) is 5.46. The lowest BCUT2D eigenvalue weighted by Gasteiger charge is -2.22. The van der Waals surface area contributed by atoms with Gasteiger partial charge in [0.25, 0.3) is 0 Å². The summed E-state index contributed by atoms with van der Waals surface area (Å²) >= 11 is 0. The summed E-state index contributed by atoms with van der Waals surface area (Å²) in [5, 5.41) is 3.16. The molecule has 2 rings (SSSR count). The van der Waals surface area contributed by atoms with Gasteiger partial charge in [-0.1, -0.05) is 19.9 Å². The van der Waals surface area contributed by atoms with Crippen molar-refractivity contribution in [2.24, 2.45) is 0 Å². The van der Waals surface area contributed by atoms with E-state index < -0.39 is 0 Å². The summed E-state index contributed by atoms with van der Waals surface area (Å²) in [6, 6.07) is 5.95. The van der Waals surface area contributed by atoms with Gasteiger partial charge in [0.2, 0.25) is 0 Å². The molecule has 5 heteroatoms. The third-order valence-corrected chi connectivity index (χ3v) is 3.38. The zero-order chi connectivity index (χ0) is 15.4. The molecule has 0 amide bonds. The van der Waals surface area contributed by atoms with Crippen LogP contribution in [0.5, 0.6) is 0 Å². The molecule has 5 nitrogen and oxygen atoms in total. The van der Waals surface area contributed by atoms with Crippen molar-refractivity contribution in [3.63, 3.8) is 0 Å². The van der Waals surface area contributed by atoms with Gasteiger partial charge < -0.3 is 10.2 Å². The van der Waals surface area contributed by atoms with Gasteiger partial charge in [0.15, 0.2) is 0 Å². The van der Waals surface area contributed by atoms with Gasteiger partial charge in [-0.3, -0.25) is 4.98 Å². The van der Waals surface area contributed by atoms with E-state index in [0.29, 0.717) is 5.92 Å². The van der Waals surface area contributed by atoms with Crippen molar-refractivity contribution >= 4 is 11.6 Å². The van der Waals surface area contributed by atoms with E-state index >= 15 is 0 Å². The van der Waals surface area contributed by atoms with E-state index in [-0.39, 0.29) is 0 Å². The highest BCUT2D eigenvalue weighted by Gasteiger charge is 2.15. The molecule has 0 fully saturated rings. The molecule has 0 aliphatic heterocycles. The standard InChI is InChI=1S/C16H23N5/c1-11(2)14-19-15(17-4)12(3)16(20-14)21(5)10-13-8-6-7-9-18-13/h6-9,11H,10H2,1-5H3,(H,17,19,20). The highest BCUT2D eigenvalue weighted by molar-refractivity contribution is 5.58. The van der Waals surface area contributed by atoms with E-state index in [1.807, 2.05) is 45.4 Å². The fourth-order valence-electron chi connectivity index (χ4n) is 2.20. The van der Waals surface area contributed by atoms with Crippen LogP contribution in [0.4, 0.5) is 11.6 Å². The SMILES string of the molecule is CNc1nc(C(C)C)nc(N(C)Cc2ccccn2)c1C. The molecule has 0 bridgehead atoms. The van der Waals surface area contributed by atoms with Crippen molar-refractivity contribution in [2.45, 2.75) is 33.2 Å². The summed E-state index contributed by atoms with van der Waals surface area (Å²) in [6.07, 6.45) is 1.81. The summed E-state index contributed by atoms with van der Waals surface area (Å²) < 4.78 is 0. The molecule has 0 unspecified atom stereocenters. The van der Waals surface area contributed by atoms with Crippen molar-refractivity contribution in [1.29, 1.82) is 0 Å². The minimum atomic E-state index is 0.291. The first-order valence-corrected chi connectivity index (χ1v) is 7.20. The van der Waals surface area contributed by atoms with Crippen LogP contribution in [0.25, 0.3) is 0 Å². The van der Waals surface area contributed by atoms with Crippen LogP contribution in [-0.2, 0) is 6.54 Å². The Kier molecular flexibility index (Phi) is 4.73. The first kappa shape index (κ1) is 15.2. The van der Waals surface area contributed by atoms with E-state index in [1.165, 1.54) is 0 Å². The molecule has 0 spiro atoms. The van der Waals surface area contributed by atoms with Crippen LogP contribution < -0.4 is 10.2 Å². The maximum atomic E-state index is 4.72. The smallest absolute Gasteiger partial charge is 0.137 e. The zero-order valence-electron chi connectivity index (χ0n) is 13.4. The quantitative estimate of drug-likeness (QED) is 0.915. The summed E-state index contributed by atoms with van der Waals surface area (Å²) in [5.74, 6) is 2.98. The number of nitrogens with one attached hydrogen (secondary N) is 1. The number of nitrogens with zero attached hydrogens (tertiary/aromatic N) is 4. The molecule has 21 heavy (non-hydrogen) atoms. The molecule has 0 aromatic carbocycles. The Hall–Kier alpha value is -2.17. The van der Waals surface area contributed by atoms with Gasteiger partial charge in [-0.15, -0.1) is 0 Å². The van der Waals surface area contributed by atoms with Crippen molar-refractivity contribution in [3.05, 3.63) is 41.5 Å². The Balaban J connectivity index is 2.35. The van der Waals surface area contributed by atoms with Crippen LogP contribution >= 0.6 is 0 Å². The monoisotopic (exact) mass is 285 g/mol. The number of hydrogen-bond acceptors (Lipinski definition) is 5. The van der Waals surface area contributed by atoms with E-state index in [1.54, 1.807) is 0 Å². The Morgan fingerprint density at radius 2 is 2.00 bits per heavy atom. The lowest BCUT2D eigenvalue weighted by Crippen LogP contribution is -2.21. The van der Waals surface area contributed by atoms with Crippen LogP contribution in [-0.4, -0.2) is 29.0 Å². The second-order valence-electron chi connectivity index (χ2n) is 5.46. The van der Waals surface area contributed by atoms with Gasteiger partial charge >= 0.3 is 0 Å². The average molecular weight is 285 g/mol. The third-order valence-electron chi connectivity index (χ3n) is 3.38. The first-order valence-electron chi connectivity index (χ1n) is 7.20. The minimum Gasteiger partial charge on any atom is -0.373 e. The largest absolute Gasteiger partial charge is 0.373 e. The molecule has 0 saturated heterocycles. The molecule has 0 atom stereocenters. The van der Waals surface area contributed by atoms with E-state index in [4.69, 9.17) is 4.98 Å². The van der Waals surface area contributed by atoms with Crippen molar-refractivity contribution in [3.8, 4) is 0 Å². The Morgan fingerprint density at radius 1 is 1.24 bits per heavy atom. The van der Waals surface area contributed by atoms with Crippen LogP contribution in [0.2, 0.25) is 0 Å². The van der Waals surface area contributed by atoms with Gasteiger partial charge in [0.1, 0.15) is 17.5 Å². The highest BCUT2D eigenvalue weighted by atomic mass is 15.2. The van der Waals surface area contributed by atoms with E-state index in [9.17, 15) is 0 Å². The third kappa shape index (κ3) is 3.48. The summed E-state index contributed by atoms with van der Waals surface area (Å²) in [7, 11) is 3.93. The maximum Gasteiger partial charge on any atom is 0.137 e. The number of aromatic nitrogens is 3. The van der Waals surface area contributed by atoms with Crippen molar-refractivity contribution in [2.75, 3.05) is 24.3 Å². The lowest BCUT2D eigenvalue weighted by molar-refractivity contribution is 0.757. The molecule has 0 saturated carbocycles. The molecular formula is C16H23N5. The van der Waals surface area contributed by atoms with Crippen LogP contribution in [0.1, 0.15) is 36.8 Å². The van der Waals surface area contributed by atoms with Gasteiger partial charge in [-0.2, -0.15) is 0 Å². The van der Waals surface area contributed by atoms with Crippen molar-refractivity contribution < 1.29 is 0 Å². The summed E-state index contributed by atoms with van der Waals surface area (Å²) in [5.41, 5.74) is 2.08. The topological polar surface area (TPSA) is 53.9 Å². The lowest BCUT2D eigenvalue weighted by atomic mass is 10.2. The van der Waals surface area contributed by atoms with Gasteiger partial charge in [-0.25, -0.2) is 9.97 Å². The normalized spacial score (nSPS) is 10.8. The van der Waals surface area contributed by atoms with Gasteiger partial charge in [0.05, 0.1) is 12.2 Å². The molecule has 0 aliphatic rings. The second kappa shape index (κ2) is 6.52. The van der Waals surface area contributed by atoms with Gasteiger partial charge in [0, 0.05) is 31.8 Å². The van der Waals surface area contributed by atoms with E-state index in [0.717, 1.165) is 35.3 Å². The zero-order valence-corrected chi connectivity index (χ0v) is 13.4. The summed E-state index contributed by atoms with van der Waals surface area (Å²) in [6.45, 7) is 6.97. The van der Waals surface area contributed by atoms with Crippen LogP contribution in [0, 0.1) is 6.92 Å². The Bertz CT molecular complexity index is 595. The van der Waals surface area contributed by atoms with Gasteiger partial charge in [-0.05, 0) is 19.1 Å². The first-order chi connectivity index (χ1) is 10.0. The predicted octanol–water partition coefficient (Wildman–Crippen LogP) is 2.98. The van der Waals surface area contributed by atoms with Crippen molar-refractivity contribution in [1.82, 2.24) is 15.0 Å². The number of rotatable bonds is 5. The van der Waals surface area contributed by atoms with Crippen LogP contribution in [0.15, 0.2) is 24.4 Å². The molecule has 0 radical (unpaired) electrons. The molecule has 2 aromatic heterocycles. The predicted molar refractivity (Wildman–Crippen MR) is 86.7 cm³/mol. The molecule has 1 N–H and O–H groups in total. The molecule has 112 valence electrons. The highest BCUT2D eigenvalue weighted by Crippen LogP contribution is 2.25. The maximum absolute atomic E-state index is 4.72. The molecule has 2 heterocycles. The fourth-order valence-corrected chi connectivity index (χ4v) is 2.20. The Labute approximate surface area is 126 Å². The number of anilines is 2. The molecule has 0 aliphatic carbocycles. The summed E-state index contributed by atoms with van der Waals surface area (Å²) in [4.78, 5) is 15.8. The molecule has 2 aromatic rings. The van der Waals surface area contributed by atoms with Crippen LogP contribution in [0.3, 0.4) is 0 Å². The Morgan fingerprint density at radius 3 is 2.57 bits per heavy atom. The van der Waals surface area contributed by atoms with E-state index in [2.05, 4.69) is 34.0 Å². The number of pyridine rings is 1. The number of hydrogen-bond donors (Lipinski definition) is 1. The fraction of sp³-hybridized carbons (Fsp3) is 0.438. The minimum absolute atomic E-state index is 0.291. The average Bonchev–Trinajstić information content (AvgIpc) is 2.48. The molecular weight excluding hydrogens is 262 g/mol.